The van der Waals surface area contributed by atoms with Gasteiger partial charge in [0.15, 0.2) is 37.9 Å². The number of H-pyrrole nitrogens is 2. The molecule has 0 saturated carbocycles. The molecule has 0 unspecified atom stereocenters. The van der Waals surface area contributed by atoms with Crippen molar-refractivity contribution < 1.29 is 9.13 Å². The zero-order valence-corrected chi connectivity index (χ0v) is 12.9. The smallest absolute Gasteiger partial charge is 0.193 e. The van der Waals surface area contributed by atoms with Crippen LogP contribution in [0.5, 0.6) is 0 Å². The summed E-state index contributed by atoms with van der Waals surface area (Å²) in [5.41, 5.74) is 4.14. The zero-order chi connectivity index (χ0) is 16.2. The first-order chi connectivity index (χ1) is 11.9. The Kier molecular flexibility index (Phi) is 3.77. The van der Waals surface area contributed by atoms with E-state index in [2.05, 4.69) is 64.2 Å². The number of nitrogens with one attached hydrogen (secondary N) is 2. The summed E-state index contributed by atoms with van der Waals surface area (Å²) in [7, 11) is 0. The Labute approximate surface area is 137 Å². The van der Waals surface area contributed by atoms with Crippen molar-refractivity contribution in [3.05, 3.63) is 72.8 Å². The maximum atomic E-state index is 4.06. The molecule has 4 heterocycles. The maximum absolute atomic E-state index is 4.06. The van der Waals surface area contributed by atoms with E-state index in [4.69, 9.17) is 0 Å². The Bertz CT molecular complexity index is 803. The van der Waals surface area contributed by atoms with Gasteiger partial charge in [-0.15, -0.1) is 0 Å². The molecule has 0 aromatic carbocycles. The molecular formula is C16H16N8+2. The number of pyridine rings is 2. The molecule has 0 aliphatic heterocycles. The van der Waals surface area contributed by atoms with Crippen molar-refractivity contribution in [3.63, 3.8) is 0 Å². The van der Waals surface area contributed by atoms with Gasteiger partial charge in [-0.1, -0.05) is 0 Å². The van der Waals surface area contributed by atoms with Crippen LogP contribution in [0.1, 0.15) is 11.4 Å². The normalized spacial score (nSPS) is 10.8. The van der Waals surface area contributed by atoms with Gasteiger partial charge in [0, 0.05) is 24.3 Å². The Hall–Kier alpha value is -3.42. The predicted molar refractivity (Wildman–Crippen MR) is 83.2 cm³/mol. The van der Waals surface area contributed by atoms with Gasteiger partial charge in [-0.05, 0) is 11.1 Å². The highest BCUT2D eigenvalue weighted by atomic mass is 15.3. The Morgan fingerprint density at radius 2 is 1.08 bits per heavy atom. The highest BCUT2D eigenvalue weighted by molar-refractivity contribution is 5.60. The number of aromatic amines is 2. The largest absolute Gasteiger partial charge is 0.199 e. The van der Waals surface area contributed by atoms with Gasteiger partial charge >= 0.3 is 0 Å². The third-order valence-corrected chi connectivity index (χ3v) is 3.73. The predicted octanol–water partition coefficient (Wildman–Crippen LogP) is 0.261. The molecule has 0 atom stereocenters. The molecular weight excluding hydrogens is 304 g/mol. The third kappa shape index (κ3) is 3.17. The van der Waals surface area contributed by atoms with Gasteiger partial charge < -0.3 is 0 Å². The minimum atomic E-state index is 0.698. The quantitative estimate of drug-likeness (QED) is 0.516. The van der Waals surface area contributed by atoms with Crippen LogP contribution < -0.4 is 9.13 Å². The zero-order valence-electron chi connectivity index (χ0n) is 12.9. The molecule has 0 fully saturated rings. The van der Waals surface area contributed by atoms with Crippen LogP contribution in [0.4, 0.5) is 0 Å². The van der Waals surface area contributed by atoms with Gasteiger partial charge in [-0.3, -0.25) is 0 Å². The van der Waals surface area contributed by atoms with Crippen molar-refractivity contribution in [2.24, 2.45) is 0 Å². The van der Waals surface area contributed by atoms with Gasteiger partial charge in [0.05, 0.1) is 12.4 Å². The molecule has 8 heteroatoms. The highest BCUT2D eigenvalue weighted by Gasteiger charge is 2.09. The summed E-state index contributed by atoms with van der Waals surface area (Å²) in [5, 5.41) is 21.0. The molecule has 0 bridgehead atoms. The monoisotopic (exact) mass is 320 g/mol. The second-order valence-corrected chi connectivity index (χ2v) is 5.44. The van der Waals surface area contributed by atoms with E-state index in [1.54, 1.807) is 12.4 Å². The van der Waals surface area contributed by atoms with Crippen LogP contribution in [0.3, 0.4) is 0 Å². The first-order valence-electron chi connectivity index (χ1n) is 7.55. The molecule has 118 valence electrons. The molecule has 4 aromatic heterocycles. The number of rotatable bonds is 5. The standard InChI is InChI=1S/C16H15N8/c1-5-23(11-15-9-17-21-19-15)6-2-13(1)14-3-7-24(8-4-14)12-16-10-18-22-20-16/h1-10H,11-12H2,(H,17,19,21)/q+1/p+1. The van der Waals surface area contributed by atoms with Crippen molar-refractivity contribution in [2.45, 2.75) is 13.1 Å². The second kappa shape index (κ2) is 6.37. The summed E-state index contributed by atoms with van der Waals surface area (Å²) >= 11 is 0. The molecule has 4 aromatic rings. The first kappa shape index (κ1) is 14.2. The molecule has 0 spiro atoms. The second-order valence-electron chi connectivity index (χ2n) is 5.44. The minimum Gasteiger partial charge on any atom is -0.199 e. The molecule has 4 rings (SSSR count). The summed E-state index contributed by atoms with van der Waals surface area (Å²) in [6, 6.07) is 8.38. The fourth-order valence-corrected chi connectivity index (χ4v) is 2.49. The molecule has 0 radical (unpaired) electrons. The lowest BCUT2D eigenvalue weighted by Gasteiger charge is -2.00. The van der Waals surface area contributed by atoms with Crippen LogP contribution in [0, 0.1) is 0 Å². The number of hydrogen-bond acceptors (Lipinski definition) is 4. The Balaban J connectivity index is 1.47. The molecule has 0 aliphatic carbocycles. The molecule has 0 saturated heterocycles. The Morgan fingerprint density at radius 3 is 1.42 bits per heavy atom. The van der Waals surface area contributed by atoms with Crippen LogP contribution in [0.15, 0.2) is 61.4 Å². The molecule has 0 aliphatic rings. The lowest BCUT2D eigenvalue weighted by Crippen LogP contribution is -2.33. The van der Waals surface area contributed by atoms with Crippen LogP contribution in [-0.2, 0) is 13.1 Å². The Morgan fingerprint density at radius 1 is 0.667 bits per heavy atom. The van der Waals surface area contributed by atoms with Crippen LogP contribution in [0.25, 0.3) is 11.1 Å². The first-order valence-corrected chi connectivity index (χ1v) is 7.55. The van der Waals surface area contributed by atoms with E-state index in [9.17, 15) is 0 Å². The van der Waals surface area contributed by atoms with Gasteiger partial charge in [0.1, 0.15) is 11.4 Å². The van der Waals surface area contributed by atoms with E-state index >= 15 is 0 Å². The van der Waals surface area contributed by atoms with Crippen LogP contribution in [-0.4, -0.2) is 30.8 Å². The van der Waals surface area contributed by atoms with E-state index in [0.29, 0.717) is 13.1 Å². The van der Waals surface area contributed by atoms with E-state index in [1.165, 1.54) is 11.1 Å². The van der Waals surface area contributed by atoms with E-state index < -0.39 is 0 Å². The van der Waals surface area contributed by atoms with Gasteiger partial charge in [-0.25, -0.2) is 0 Å². The third-order valence-electron chi connectivity index (χ3n) is 3.73. The van der Waals surface area contributed by atoms with Gasteiger partial charge in [-0.2, -0.15) is 40.0 Å². The molecule has 24 heavy (non-hydrogen) atoms. The molecule has 8 nitrogen and oxygen atoms in total. The number of hydrogen-bond donors (Lipinski definition) is 2. The fraction of sp³-hybridized carbons (Fsp3) is 0.125. The summed E-state index contributed by atoms with van der Waals surface area (Å²) in [6.45, 7) is 1.40. The SMILES string of the molecule is c1c[n+](Cc2cn[nH]n2)ccc1-c1cc[n+](Cc2cn[nH]n2)cc1. The summed E-state index contributed by atoms with van der Waals surface area (Å²) < 4.78 is 4.13. The average Bonchev–Trinajstić information content (AvgIpc) is 3.31. The van der Waals surface area contributed by atoms with Gasteiger partial charge in [0.2, 0.25) is 0 Å². The minimum absolute atomic E-state index is 0.698. The van der Waals surface area contributed by atoms with Crippen LogP contribution in [0.2, 0.25) is 0 Å². The summed E-state index contributed by atoms with van der Waals surface area (Å²) in [5.74, 6) is 0. The lowest BCUT2D eigenvalue weighted by molar-refractivity contribution is -0.689. The van der Waals surface area contributed by atoms with Gasteiger partial charge in [0.25, 0.3) is 0 Å². The van der Waals surface area contributed by atoms with E-state index in [1.807, 2.05) is 24.8 Å². The molecule has 2 N–H and O–H groups in total. The van der Waals surface area contributed by atoms with Crippen LogP contribution >= 0.6 is 0 Å². The van der Waals surface area contributed by atoms with Crippen molar-refractivity contribution in [3.8, 4) is 11.1 Å². The van der Waals surface area contributed by atoms with E-state index in [-0.39, 0.29) is 0 Å². The molecule has 0 amide bonds. The highest BCUT2D eigenvalue weighted by Crippen LogP contribution is 2.15. The summed E-state index contributed by atoms with van der Waals surface area (Å²) in [4.78, 5) is 0. The average molecular weight is 320 g/mol. The van der Waals surface area contributed by atoms with Crippen molar-refractivity contribution in [2.75, 3.05) is 0 Å². The number of aromatic nitrogens is 8. The fourth-order valence-electron chi connectivity index (χ4n) is 2.49. The topological polar surface area (TPSA) is 90.9 Å². The van der Waals surface area contributed by atoms with Crippen molar-refractivity contribution in [1.29, 1.82) is 0 Å². The number of nitrogens with zero attached hydrogens (tertiary/aromatic N) is 6. The maximum Gasteiger partial charge on any atom is 0.193 e. The summed E-state index contributed by atoms with van der Waals surface area (Å²) in [6.07, 6.45) is 11.6. The lowest BCUT2D eigenvalue weighted by atomic mass is 10.1. The van der Waals surface area contributed by atoms with E-state index in [0.717, 1.165) is 11.4 Å². The van der Waals surface area contributed by atoms with Crippen molar-refractivity contribution >= 4 is 0 Å². The van der Waals surface area contributed by atoms with Crippen molar-refractivity contribution in [1.82, 2.24) is 30.8 Å².